The molecule has 1 fully saturated rings. The first-order valence-corrected chi connectivity index (χ1v) is 16.8. The van der Waals surface area contributed by atoms with E-state index in [1.165, 1.54) is 60.1 Å². The molecule has 4 nitrogen and oxygen atoms in total. The van der Waals surface area contributed by atoms with E-state index >= 15 is 0 Å². The van der Waals surface area contributed by atoms with E-state index < -0.39 is 0 Å². The van der Waals surface area contributed by atoms with Gasteiger partial charge in [-0.15, -0.1) is 0 Å². The van der Waals surface area contributed by atoms with Crippen molar-refractivity contribution in [1.29, 1.82) is 0 Å². The van der Waals surface area contributed by atoms with E-state index in [0.29, 0.717) is 5.92 Å². The first-order chi connectivity index (χ1) is 20.1. The minimum absolute atomic E-state index is 0.0323. The smallest absolute Gasteiger partial charge is 0.225 e. The van der Waals surface area contributed by atoms with Gasteiger partial charge in [-0.25, -0.2) is 0 Å². The minimum Gasteiger partial charge on any atom is -0.368 e. The van der Waals surface area contributed by atoms with Gasteiger partial charge in [-0.2, -0.15) is 0 Å². The molecule has 0 spiro atoms. The van der Waals surface area contributed by atoms with Gasteiger partial charge in [0.05, 0.1) is 0 Å². The first kappa shape index (κ1) is 37.4. The monoisotopic (exact) mass is 577 g/mol. The summed E-state index contributed by atoms with van der Waals surface area (Å²) in [5.74, 6) is 0.797. The third-order valence-corrected chi connectivity index (χ3v) is 8.25. The molecule has 1 saturated heterocycles. The lowest BCUT2D eigenvalue weighted by molar-refractivity contribution is -0.136. The second-order valence-electron chi connectivity index (χ2n) is 11.9. The lowest BCUT2D eigenvalue weighted by Crippen LogP contribution is -2.54. The number of rotatable bonds is 14. The normalized spacial score (nSPS) is 17.5. The Labute approximate surface area is 260 Å². The summed E-state index contributed by atoms with van der Waals surface area (Å²) in [6, 6.07) is 8.90. The Kier molecular flexibility index (Phi) is 17.4. The van der Waals surface area contributed by atoms with Gasteiger partial charge in [-0.05, 0) is 70.1 Å². The lowest BCUT2D eigenvalue weighted by atomic mass is 9.80. The fraction of sp³-hybridized carbons (Fsp3) is 0.632. The van der Waals surface area contributed by atoms with Gasteiger partial charge in [0.2, 0.25) is 5.91 Å². The average molecular weight is 578 g/mol. The quantitative estimate of drug-likeness (QED) is 0.163. The molecule has 1 aromatic carbocycles. The maximum absolute atomic E-state index is 12.8. The first-order valence-electron chi connectivity index (χ1n) is 16.8. The number of nitrogens with zero attached hydrogens (tertiary/aromatic N) is 3. The SMILES string of the molecule is C=C(CC(=NCC)C(/C(=C\C)C(CCC)CCCC)=C(\C)N1CCN(C(=O)C(C)C)C[C@@H]1C)c1cccc(C)c1.CC. The van der Waals surface area contributed by atoms with Crippen molar-refractivity contribution in [3.05, 3.63) is 64.9 Å². The summed E-state index contributed by atoms with van der Waals surface area (Å²) in [4.78, 5) is 22.6. The topological polar surface area (TPSA) is 35.9 Å². The van der Waals surface area contributed by atoms with Gasteiger partial charge in [0.15, 0.2) is 0 Å². The van der Waals surface area contributed by atoms with Crippen LogP contribution in [0.5, 0.6) is 0 Å². The minimum atomic E-state index is 0.0323. The van der Waals surface area contributed by atoms with Crippen molar-refractivity contribution in [2.45, 2.75) is 121 Å². The summed E-state index contributed by atoms with van der Waals surface area (Å²) >= 11 is 0. The van der Waals surface area contributed by atoms with Gasteiger partial charge in [0.1, 0.15) is 0 Å². The Morgan fingerprint density at radius 1 is 1.12 bits per heavy atom. The van der Waals surface area contributed by atoms with Crippen LogP contribution < -0.4 is 0 Å². The Morgan fingerprint density at radius 2 is 1.81 bits per heavy atom. The number of hydrogen-bond donors (Lipinski definition) is 0. The van der Waals surface area contributed by atoms with Crippen LogP contribution >= 0.6 is 0 Å². The predicted molar refractivity (Wildman–Crippen MR) is 186 cm³/mol. The summed E-state index contributed by atoms with van der Waals surface area (Å²) in [6.45, 7) is 31.3. The number of carbonyl (C=O) groups is 1. The fourth-order valence-electron chi connectivity index (χ4n) is 6.17. The van der Waals surface area contributed by atoms with Crippen molar-refractivity contribution in [2.24, 2.45) is 16.8 Å². The van der Waals surface area contributed by atoms with Crippen LogP contribution in [0.4, 0.5) is 0 Å². The van der Waals surface area contributed by atoms with Gasteiger partial charge in [-0.3, -0.25) is 9.79 Å². The highest BCUT2D eigenvalue weighted by Crippen LogP contribution is 2.35. The second kappa shape index (κ2) is 19.5. The van der Waals surface area contributed by atoms with Crippen LogP contribution in [0.2, 0.25) is 0 Å². The molecular weight excluding hydrogens is 514 g/mol. The summed E-state index contributed by atoms with van der Waals surface area (Å²) in [6.07, 6.45) is 9.08. The summed E-state index contributed by atoms with van der Waals surface area (Å²) < 4.78 is 0. The van der Waals surface area contributed by atoms with Crippen LogP contribution in [0.3, 0.4) is 0 Å². The van der Waals surface area contributed by atoms with E-state index in [9.17, 15) is 4.79 Å². The largest absolute Gasteiger partial charge is 0.368 e. The third-order valence-electron chi connectivity index (χ3n) is 8.25. The van der Waals surface area contributed by atoms with Crippen LogP contribution in [0.15, 0.2) is 58.8 Å². The highest BCUT2D eigenvalue weighted by Gasteiger charge is 2.31. The predicted octanol–water partition coefficient (Wildman–Crippen LogP) is 9.90. The maximum Gasteiger partial charge on any atom is 0.225 e. The molecule has 2 rings (SSSR count). The molecule has 236 valence electrons. The Balaban J connectivity index is 0.00000431. The van der Waals surface area contributed by atoms with Crippen LogP contribution in [0.25, 0.3) is 5.57 Å². The van der Waals surface area contributed by atoms with Crippen molar-refractivity contribution in [3.8, 4) is 0 Å². The molecule has 1 heterocycles. The van der Waals surface area contributed by atoms with Gasteiger partial charge in [0, 0.05) is 61.5 Å². The summed E-state index contributed by atoms with van der Waals surface area (Å²) in [5, 5.41) is 0. The van der Waals surface area contributed by atoms with Crippen molar-refractivity contribution in [1.82, 2.24) is 9.80 Å². The van der Waals surface area contributed by atoms with Crippen LogP contribution in [-0.2, 0) is 4.79 Å². The number of piperazine rings is 1. The zero-order chi connectivity index (χ0) is 31.8. The van der Waals surface area contributed by atoms with E-state index in [2.05, 4.69) is 95.2 Å². The van der Waals surface area contributed by atoms with Gasteiger partial charge in [-0.1, -0.05) is 103 Å². The van der Waals surface area contributed by atoms with Crippen LogP contribution in [0, 0.1) is 18.8 Å². The van der Waals surface area contributed by atoms with Gasteiger partial charge in [0.25, 0.3) is 0 Å². The number of allylic oxidation sites excluding steroid dienone is 5. The number of carbonyl (C=O) groups excluding carboxylic acids is 1. The number of aryl methyl sites for hydroxylation is 1. The summed E-state index contributed by atoms with van der Waals surface area (Å²) in [5.41, 5.74) is 8.72. The average Bonchev–Trinajstić information content (AvgIpc) is 2.98. The van der Waals surface area contributed by atoms with Crippen molar-refractivity contribution >= 4 is 17.2 Å². The Bertz CT molecular complexity index is 1080. The molecular formula is C38H63N3O. The standard InChI is InChI=1S/C36H57N3O.C2H6/c1-11-15-19-31(17-12-2)33(13-3)35(30(10)39-22-21-38(25-29(39)9)36(40)26(5)6)34(37-14-4)24-28(8)32-20-16-18-27(7)23-32;1-2/h13,16,18,20,23,26,29,31H,8,11-12,14-15,17,19,21-22,24-25H2,1-7,9-10H3;1-2H3/b33-13-,35-30+,37-34?;/t29-,31?;/m0./s1. The molecule has 0 radical (unpaired) electrons. The molecule has 2 atom stereocenters. The van der Waals surface area contributed by atoms with Gasteiger partial charge < -0.3 is 9.80 Å². The molecule has 1 amide bonds. The lowest BCUT2D eigenvalue weighted by Gasteiger charge is -2.43. The van der Waals surface area contributed by atoms with Crippen molar-refractivity contribution in [3.63, 3.8) is 0 Å². The van der Waals surface area contributed by atoms with Crippen LogP contribution in [0.1, 0.15) is 119 Å². The molecule has 1 aliphatic rings. The molecule has 0 aliphatic carbocycles. The second-order valence-corrected chi connectivity index (χ2v) is 11.9. The van der Waals surface area contributed by atoms with Gasteiger partial charge >= 0.3 is 0 Å². The summed E-state index contributed by atoms with van der Waals surface area (Å²) in [7, 11) is 0. The van der Waals surface area contributed by atoms with Crippen molar-refractivity contribution in [2.75, 3.05) is 26.2 Å². The van der Waals surface area contributed by atoms with E-state index in [1.807, 2.05) is 27.7 Å². The third kappa shape index (κ3) is 10.6. The van der Waals surface area contributed by atoms with E-state index in [-0.39, 0.29) is 17.9 Å². The highest BCUT2D eigenvalue weighted by molar-refractivity contribution is 6.09. The molecule has 1 aromatic rings. The maximum atomic E-state index is 12.8. The number of unbranched alkanes of at least 4 members (excludes halogenated alkanes) is 1. The molecule has 4 heteroatoms. The molecule has 0 bridgehead atoms. The zero-order valence-corrected chi connectivity index (χ0v) is 29.1. The van der Waals surface area contributed by atoms with E-state index in [1.54, 1.807) is 0 Å². The molecule has 0 aromatic heterocycles. The molecule has 1 aliphatic heterocycles. The van der Waals surface area contributed by atoms with Crippen molar-refractivity contribution < 1.29 is 4.79 Å². The molecule has 1 unspecified atom stereocenters. The molecule has 0 saturated carbocycles. The van der Waals surface area contributed by atoms with Crippen LogP contribution in [-0.4, -0.2) is 53.6 Å². The number of aliphatic imine (C=N–C) groups is 1. The van der Waals surface area contributed by atoms with E-state index in [0.717, 1.165) is 43.9 Å². The van der Waals surface area contributed by atoms with E-state index in [4.69, 9.17) is 4.99 Å². The highest BCUT2D eigenvalue weighted by atomic mass is 16.2. The number of hydrogen-bond acceptors (Lipinski definition) is 3. The Hall–Kier alpha value is -2.62. The fourth-order valence-corrected chi connectivity index (χ4v) is 6.17. The number of amides is 1. The molecule has 0 N–H and O–H groups in total. The number of benzene rings is 1. The Morgan fingerprint density at radius 3 is 2.33 bits per heavy atom. The zero-order valence-electron chi connectivity index (χ0n) is 29.1. The molecule has 42 heavy (non-hydrogen) atoms.